The topological polar surface area (TPSA) is 127 Å². The van der Waals surface area contributed by atoms with Crippen molar-refractivity contribution in [2.24, 2.45) is 5.92 Å². The Labute approximate surface area is 201 Å². The van der Waals surface area contributed by atoms with Crippen LogP contribution in [0.3, 0.4) is 0 Å². The van der Waals surface area contributed by atoms with Crippen LogP contribution < -0.4 is 10.2 Å². The molecule has 2 N–H and O–H groups in total. The SMILES string of the molecule is O=C1CCC(N2C(=O)c3cc(F)c(N4CCN(C5CCC(C(=O)O)CC5)CC4)cc3C2=O)C(=O)N1. The predicted octanol–water partition coefficient (Wildman–Crippen LogP) is 0.992. The highest BCUT2D eigenvalue weighted by molar-refractivity contribution is 6.23. The van der Waals surface area contributed by atoms with Crippen molar-refractivity contribution in [1.82, 2.24) is 15.1 Å². The van der Waals surface area contributed by atoms with Gasteiger partial charge in [0.25, 0.3) is 11.8 Å². The Balaban J connectivity index is 1.27. The van der Waals surface area contributed by atoms with E-state index in [1.807, 2.05) is 4.90 Å². The summed E-state index contributed by atoms with van der Waals surface area (Å²) in [6, 6.07) is 1.69. The van der Waals surface area contributed by atoms with Crippen LogP contribution in [0.4, 0.5) is 10.1 Å². The number of rotatable bonds is 4. The van der Waals surface area contributed by atoms with Crippen molar-refractivity contribution in [3.05, 3.63) is 29.1 Å². The molecule has 5 rings (SSSR count). The Hall–Kier alpha value is -3.34. The lowest BCUT2D eigenvalue weighted by Crippen LogP contribution is -2.54. The van der Waals surface area contributed by atoms with Crippen molar-refractivity contribution in [1.29, 1.82) is 0 Å². The molecule has 4 amide bonds. The van der Waals surface area contributed by atoms with Gasteiger partial charge in [0, 0.05) is 38.6 Å². The zero-order valence-electron chi connectivity index (χ0n) is 19.2. The first kappa shape index (κ1) is 23.4. The second-order valence-corrected chi connectivity index (χ2v) is 9.66. The van der Waals surface area contributed by atoms with E-state index in [1.54, 1.807) is 0 Å². The lowest BCUT2D eigenvalue weighted by atomic mass is 9.85. The van der Waals surface area contributed by atoms with E-state index in [-0.39, 0.29) is 35.6 Å². The molecule has 4 aliphatic rings. The van der Waals surface area contributed by atoms with Crippen molar-refractivity contribution in [3.8, 4) is 0 Å². The Kier molecular flexibility index (Phi) is 6.04. The predicted molar refractivity (Wildman–Crippen MR) is 120 cm³/mol. The maximum absolute atomic E-state index is 15.1. The molecule has 186 valence electrons. The standard InChI is InChI=1S/C24H27FN4O6/c25-17-11-15-16(23(33)29(22(15)32)18-5-6-20(30)26-21(18)31)12-19(17)28-9-7-27(8-10-28)14-3-1-13(2-4-14)24(34)35/h11-14,18H,1-10H2,(H,34,35)(H,26,30,31). The second kappa shape index (κ2) is 9.03. The van der Waals surface area contributed by atoms with Crippen LogP contribution in [0.15, 0.2) is 12.1 Å². The first-order chi connectivity index (χ1) is 16.7. The first-order valence-electron chi connectivity index (χ1n) is 12.0. The summed E-state index contributed by atoms with van der Waals surface area (Å²) in [5.41, 5.74) is 0.226. The number of aliphatic carboxylic acids is 1. The summed E-state index contributed by atoms with van der Waals surface area (Å²) in [5, 5.41) is 11.3. The molecule has 0 bridgehead atoms. The lowest BCUT2D eigenvalue weighted by molar-refractivity contribution is -0.143. The number of anilines is 1. The van der Waals surface area contributed by atoms with Gasteiger partial charge in [-0.25, -0.2) is 4.39 Å². The Morgan fingerprint density at radius 2 is 1.54 bits per heavy atom. The molecule has 1 aromatic carbocycles. The molecule has 1 atom stereocenters. The average molecular weight is 487 g/mol. The molecule has 0 spiro atoms. The van der Waals surface area contributed by atoms with Crippen LogP contribution >= 0.6 is 0 Å². The van der Waals surface area contributed by atoms with Gasteiger partial charge in [0.05, 0.1) is 22.7 Å². The van der Waals surface area contributed by atoms with Gasteiger partial charge in [-0.3, -0.25) is 39.1 Å². The van der Waals surface area contributed by atoms with Crippen molar-refractivity contribution in [2.75, 3.05) is 31.1 Å². The van der Waals surface area contributed by atoms with Crippen molar-refractivity contribution in [2.45, 2.75) is 50.6 Å². The number of nitrogens with zero attached hydrogens (tertiary/aromatic N) is 3. The second-order valence-electron chi connectivity index (χ2n) is 9.66. The number of amides is 4. The fourth-order valence-corrected chi connectivity index (χ4v) is 5.74. The number of carboxylic acids is 1. The molecule has 1 saturated carbocycles. The maximum atomic E-state index is 15.1. The van der Waals surface area contributed by atoms with Crippen LogP contribution in [-0.2, 0) is 14.4 Å². The number of hydrogen-bond donors (Lipinski definition) is 2. The highest BCUT2D eigenvalue weighted by Gasteiger charge is 2.45. The van der Waals surface area contributed by atoms with Crippen LogP contribution in [-0.4, -0.2) is 82.8 Å². The molecule has 1 unspecified atom stereocenters. The van der Waals surface area contributed by atoms with Crippen LogP contribution in [0.25, 0.3) is 0 Å². The van der Waals surface area contributed by atoms with Gasteiger partial charge < -0.3 is 10.0 Å². The number of benzene rings is 1. The van der Waals surface area contributed by atoms with Crippen LogP contribution in [0.2, 0.25) is 0 Å². The van der Waals surface area contributed by atoms with E-state index >= 15 is 4.39 Å². The molecule has 3 fully saturated rings. The van der Waals surface area contributed by atoms with Gasteiger partial charge in [-0.2, -0.15) is 0 Å². The number of fused-ring (bicyclic) bond motifs is 1. The van der Waals surface area contributed by atoms with Crippen LogP contribution in [0, 0.1) is 11.7 Å². The Bertz CT molecular complexity index is 1110. The molecule has 35 heavy (non-hydrogen) atoms. The molecular weight excluding hydrogens is 459 g/mol. The van der Waals surface area contributed by atoms with E-state index in [0.29, 0.717) is 45.1 Å². The van der Waals surface area contributed by atoms with Gasteiger partial charge in [-0.05, 0) is 44.2 Å². The average Bonchev–Trinajstić information content (AvgIpc) is 3.08. The lowest BCUT2D eigenvalue weighted by Gasteiger charge is -2.42. The number of carbonyl (C=O) groups is 5. The van der Waals surface area contributed by atoms with Gasteiger partial charge in [-0.1, -0.05) is 0 Å². The summed E-state index contributed by atoms with van der Waals surface area (Å²) in [5.74, 6) is -4.15. The third-order valence-electron chi connectivity index (χ3n) is 7.72. The number of halogens is 1. The molecule has 0 aromatic heterocycles. The van der Waals surface area contributed by atoms with E-state index in [4.69, 9.17) is 0 Å². The molecular formula is C24H27FN4O6. The number of carboxylic acid groups (broad SMARTS) is 1. The first-order valence-corrected chi connectivity index (χ1v) is 12.0. The van der Waals surface area contributed by atoms with Gasteiger partial charge >= 0.3 is 5.97 Å². The maximum Gasteiger partial charge on any atom is 0.306 e. The molecule has 1 aromatic rings. The molecule has 11 heteroatoms. The largest absolute Gasteiger partial charge is 0.481 e. The summed E-state index contributed by atoms with van der Waals surface area (Å²) in [6.07, 6.45) is 3.06. The summed E-state index contributed by atoms with van der Waals surface area (Å²) >= 11 is 0. The highest BCUT2D eigenvalue weighted by Crippen LogP contribution is 2.34. The van der Waals surface area contributed by atoms with E-state index in [9.17, 15) is 29.1 Å². The molecule has 10 nitrogen and oxygen atoms in total. The van der Waals surface area contributed by atoms with Gasteiger partial charge in [0.1, 0.15) is 11.9 Å². The monoisotopic (exact) mass is 486 g/mol. The number of hydrogen-bond acceptors (Lipinski definition) is 7. The zero-order chi connectivity index (χ0) is 24.9. The number of nitrogens with one attached hydrogen (secondary N) is 1. The van der Waals surface area contributed by atoms with E-state index in [1.165, 1.54) is 6.07 Å². The summed E-state index contributed by atoms with van der Waals surface area (Å²) in [6.45, 7) is 2.45. The smallest absolute Gasteiger partial charge is 0.306 e. The number of piperazine rings is 1. The quantitative estimate of drug-likeness (QED) is 0.604. The molecule has 2 saturated heterocycles. The van der Waals surface area contributed by atoms with Crippen molar-refractivity contribution < 1.29 is 33.5 Å². The minimum atomic E-state index is -1.09. The van der Waals surface area contributed by atoms with Crippen LogP contribution in [0.5, 0.6) is 0 Å². The van der Waals surface area contributed by atoms with Crippen molar-refractivity contribution in [3.63, 3.8) is 0 Å². The fraction of sp³-hybridized carbons (Fsp3) is 0.542. The number of carbonyl (C=O) groups excluding carboxylic acids is 4. The Morgan fingerprint density at radius 3 is 2.14 bits per heavy atom. The van der Waals surface area contributed by atoms with E-state index in [0.717, 1.165) is 23.8 Å². The summed E-state index contributed by atoms with van der Waals surface area (Å²) in [4.78, 5) is 65.8. The van der Waals surface area contributed by atoms with Gasteiger partial charge in [-0.15, -0.1) is 0 Å². The highest BCUT2D eigenvalue weighted by atomic mass is 19.1. The van der Waals surface area contributed by atoms with Crippen LogP contribution in [0.1, 0.15) is 59.2 Å². The van der Waals surface area contributed by atoms with E-state index in [2.05, 4.69) is 10.2 Å². The number of piperidine rings is 1. The Morgan fingerprint density at radius 1 is 0.914 bits per heavy atom. The molecule has 1 aliphatic carbocycles. The van der Waals surface area contributed by atoms with Gasteiger partial charge in [0.15, 0.2) is 0 Å². The summed E-state index contributed by atoms with van der Waals surface area (Å²) in [7, 11) is 0. The zero-order valence-corrected chi connectivity index (χ0v) is 19.2. The molecule has 3 heterocycles. The molecule has 3 aliphatic heterocycles. The van der Waals surface area contributed by atoms with E-state index < -0.39 is 41.5 Å². The third-order valence-corrected chi connectivity index (χ3v) is 7.72. The fourth-order valence-electron chi connectivity index (χ4n) is 5.74. The minimum absolute atomic E-state index is 0.0195. The summed E-state index contributed by atoms with van der Waals surface area (Å²) < 4.78 is 15.1. The molecule has 0 radical (unpaired) electrons. The van der Waals surface area contributed by atoms with Crippen molar-refractivity contribution >= 4 is 35.3 Å². The van der Waals surface area contributed by atoms with Gasteiger partial charge in [0.2, 0.25) is 11.8 Å². The third kappa shape index (κ3) is 4.18. The number of imide groups is 2. The normalized spacial score (nSPS) is 27.7. The minimum Gasteiger partial charge on any atom is -0.481 e.